The molecule has 1 fully saturated rings. The molecule has 0 heterocycles. The summed E-state index contributed by atoms with van der Waals surface area (Å²) in [5, 5.41) is 8.63. The van der Waals surface area contributed by atoms with E-state index < -0.39 is 34.6 Å². The van der Waals surface area contributed by atoms with Crippen molar-refractivity contribution in [3.05, 3.63) is 64.7 Å². The van der Waals surface area contributed by atoms with Crippen molar-refractivity contribution in [2.75, 3.05) is 0 Å². The summed E-state index contributed by atoms with van der Waals surface area (Å²) < 4.78 is 60.5. The van der Waals surface area contributed by atoms with Crippen LogP contribution in [-0.2, 0) is 6.11 Å². The third-order valence-electron chi connectivity index (χ3n) is 5.11. The van der Waals surface area contributed by atoms with Crippen LogP contribution in [0, 0.1) is 28.9 Å². The van der Waals surface area contributed by atoms with Crippen molar-refractivity contribution in [3.8, 4) is 11.8 Å². The second-order valence-corrected chi connectivity index (χ2v) is 7.07. The van der Waals surface area contributed by atoms with Crippen LogP contribution in [0.5, 0.6) is 5.75 Å². The first kappa shape index (κ1) is 19.2. The normalized spacial score (nSPS) is 20.1. The molecule has 0 radical (unpaired) electrons. The number of nitriles is 1. The van der Waals surface area contributed by atoms with E-state index in [1.807, 2.05) is 0 Å². The van der Waals surface area contributed by atoms with Gasteiger partial charge in [0.15, 0.2) is 0 Å². The van der Waals surface area contributed by atoms with E-state index in [1.165, 1.54) is 18.2 Å². The second-order valence-electron chi connectivity index (χ2n) is 7.07. The van der Waals surface area contributed by atoms with Gasteiger partial charge in [-0.1, -0.05) is 31.9 Å². The molecule has 0 aliphatic heterocycles. The van der Waals surface area contributed by atoms with Gasteiger partial charge in [-0.2, -0.15) is 14.0 Å². The summed E-state index contributed by atoms with van der Waals surface area (Å²) >= 11 is 0. The Morgan fingerprint density at radius 3 is 2.07 bits per heavy atom. The van der Waals surface area contributed by atoms with Gasteiger partial charge in [0.25, 0.3) is 0 Å². The molecule has 3 rings (SSSR count). The predicted octanol–water partition coefficient (Wildman–Crippen LogP) is 6.26. The van der Waals surface area contributed by atoms with Crippen molar-refractivity contribution in [2.24, 2.45) is 5.92 Å². The van der Waals surface area contributed by atoms with E-state index in [4.69, 9.17) is 5.26 Å². The molecule has 1 saturated carbocycles. The smallest absolute Gasteiger partial charge is 0.426 e. The Morgan fingerprint density at radius 2 is 1.56 bits per heavy atom. The molecule has 2 aromatic carbocycles. The zero-order valence-corrected chi connectivity index (χ0v) is 14.8. The minimum atomic E-state index is -3.76. The van der Waals surface area contributed by atoms with Crippen LogP contribution >= 0.6 is 0 Å². The van der Waals surface area contributed by atoms with Crippen LogP contribution in [0.25, 0.3) is 0 Å². The third-order valence-corrected chi connectivity index (χ3v) is 5.11. The molecule has 0 atom stereocenters. The van der Waals surface area contributed by atoms with Gasteiger partial charge >= 0.3 is 6.11 Å². The van der Waals surface area contributed by atoms with E-state index in [0.29, 0.717) is 24.0 Å². The van der Waals surface area contributed by atoms with E-state index in [9.17, 15) is 17.6 Å². The average Bonchev–Trinajstić information content (AvgIpc) is 2.62. The Labute approximate surface area is 155 Å². The van der Waals surface area contributed by atoms with Crippen LogP contribution in [0.4, 0.5) is 17.6 Å². The first-order chi connectivity index (χ1) is 12.8. The van der Waals surface area contributed by atoms with Crippen molar-refractivity contribution in [1.29, 1.82) is 5.26 Å². The molecule has 0 aromatic heterocycles. The number of halogens is 4. The van der Waals surface area contributed by atoms with Gasteiger partial charge in [-0.25, -0.2) is 8.78 Å². The number of hydrogen-bond donors (Lipinski definition) is 0. The summed E-state index contributed by atoms with van der Waals surface area (Å²) in [6, 6.07) is 8.37. The lowest BCUT2D eigenvalue weighted by molar-refractivity contribution is -0.185. The van der Waals surface area contributed by atoms with E-state index >= 15 is 0 Å². The van der Waals surface area contributed by atoms with Crippen LogP contribution in [-0.4, -0.2) is 0 Å². The van der Waals surface area contributed by atoms with Crippen molar-refractivity contribution in [3.63, 3.8) is 0 Å². The summed E-state index contributed by atoms with van der Waals surface area (Å²) in [6.45, 7) is 2.21. The summed E-state index contributed by atoms with van der Waals surface area (Å²) in [6.07, 6.45) is 0.573. The molecule has 0 saturated heterocycles. The highest BCUT2D eigenvalue weighted by Gasteiger charge is 2.35. The molecule has 142 valence electrons. The quantitative estimate of drug-likeness (QED) is 0.589. The summed E-state index contributed by atoms with van der Waals surface area (Å²) in [5.74, 6) is -2.10. The highest BCUT2D eigenvalue weighted by Crippen LogP contribution is 2.37. The number of rotatable bonds is 4. The highest BCUT2D eigenvalue weighted by atomic mass is 19.3. The molecule has 0 unspecified atom stereocenters. The maximum Gasteiger partial charge on any atom is 0.426 e. The number of nitrogens with zero attached hydrogens (tertiary/aromatic N) is 1. The first-order valence-electron chi connectivity index (χ1n) is 8.86. The molecule has 1 aliphatic rings. The van der Waals surface area contributed by atoms with Crippen molar-refractivity contribution in [1.82, 2.24) is 0 Å². The van der Waals surface area contributed by atoms with E-state index in [-0.39, 0.29) is 0 Å². The number of hydrogen-bond acceptors (Lipinski definition) is 2. The summed E-state index contributed by atoms with van der Waals surface area (Å²) in [4.78, 5) is 0. The van der Waals surface area contributed by atoms with Gasteiger partial charge < -0.3 is 4.74 Å². The lowest BCUT2D eigenvalue weighted by Gasteiger charge is -2.27. The molecule has 6 heteroatoms. The standard InChI is InChI=1S/C21H19F4NO/c1-13-2-4-14(5-3-13)15-6-8-16(9-7-15)21(24,25)27-17-10-19(22)18(12-26)20(23)11-17/h6-11,13-14H,2-5H2,1H3. The first-order valence-corrected chi connectivity index (χ1v) is 8.86. The number of alkyl halides is 2. The lowest BCUT2D eigenvalue weighted by Crippen LogP contribution is -2.22. The molecule has 0 bridgehead atoms. The minimum absolute atomic E-state index is 0.367. The van der Waals surface area contributed by atoms with Crippen LogP contribution < -0.4 is 4.74 Å². The summed E-state index contributed by atoms with van der Waals surface area (Å²) in [5.41, 5.74) is -0.227. The Balaban J connectivity index is 1.76. The molecular formula is C21H19F4NO. The Bertz CT molecular complexity index is 826. The maximum atomic E-state index is 14.4. The maximum absolute atomic E-state index is 14.4. The zero-order valence-electron chi connectivity index (χ0n) is 14.8. The number of ether oxygens (including phenoxy) is 1. The lowest BCUT2D eigenvalue weighted by atomic mass is 9.79. The van der Waals surface area contributed by atoms with Crippen molar-refractivity contribution < 1.29 is 22.3 Å². The fourth-order valence-electron chi connectivity index (χ4n) is 3.47. The van der Waals surface area contributed by atoms with Crippen molar-refractivity contribution >= 4 is 0 Å². The van der Waals surface area contributed by atoms with Gasteiger partial charge in [-0.05, 0) is 42.4 Å². The SMILES string of the molecule is CC1CCC(c2ccc(C(F)(F)Oc3cc(F)c(C#N)c(F)c3)cc2)CC1. The van der Waals surface area contributed by atoms with Gasteiger partial charge in [-0.3, -0.25) is 0 Å². The van der Waals surface area contributed by atoms with Crippen molar-refractivity contribution in [2.45, 2.75) is 44.6 Å². The Morgan fingerprint density at radius 1 is 1.00 bits per heavy atom. The van der Waals surface area contributed by atoms with Crippen LogP contribution in [0.15, 0.2) is 36.4 Å². The minimum Gasteiger partial charge on any atom is -0.429 e. The highest BCUT2D eigenvalue weighted by molar-refractivity contribution is 5.38. The van der Waals surface area contributed by atoms with Gasteiger partial charge in [0.2, 0.25) is 0 Å². The van der Waals surface area contributed by atoms with E-state index in [1.54, 1.807) is 12.1 Å². The monoisotopic (exact) mass is 377 g/mol. The molecule has 0 N–H and O–H groups in total. The van der Waals surface area contributed by atoms with E-state index in [2.05, 4.69) is 11.7 Å². The number of benzene rings is 2. The fraction of sp³-hybridized carbons (Fsp3) is 0.381. The fourth-order valence-corrected chi connectivity index (χ4v) is 3.47. The van der Waals surface area contributed by atoms with Crippen LogP contribution in [0.1, 0.15) is 55.2 Å². The van der Waals surface area contributed by atoms with E-state index in [0.717, 1.165) is 31.2 Å². The second kappa shape index (κ2) is 7.59. The average molecular weight is 377 g/mol. The molecule has 1 aliphatic carbocycles. The summed E-state index contributed by atoms with van der Waals surface area (Å²) in [7, 11) is 0. The third kappa shape index (κ3) is 4.24. The van der Waals surface area contributed by atoms with Gasteiger partial charge in [0.05, 0.1) is 5.56 Å². The molecule has 0 spiro atoms. The largest absolute Gasteiger partial charge is 0.429 e. The van der Waals surface area contributed by atoms with Gasteiger partial charge in [0.1, 0.15) is 29.0 Å². The molecule has 2 nitrogen and oxygen atoms in total. The van der Waals surface area contributed by atoms with Crippen LogP contribution in [0.3, 0.4) is 0 Å². The van der Waals surface area contributed by atoms with Crippen LogP contribution in [0.2, 0.25) is 0 Å². The van der Waals surface area contributed by atoms with Gasteiger partial charge in [-0.15, -0.1) is 0 Å². The predicted molar refractivity (Wildman–Crippen MR) is 92.4 cm³/mol. The van der Waals surface area contributed by atoms with Gasteiger partial charge in [0, 0.05) is 12.1 Å². The molecule has 2 aromatic rings. The zero-order chi connectivity index (χ0) is 19.6. The molecule has 27 heavy (non-hydrogen) atoms. The Hall–Kier alpha value is -2.55. The molecular weight excluding hydrogens is 358 g/mol. The Kier molecular flexibility index (Phi) is 5.41. The topological polar surface area (TPSA) is 33.0 Å². The molecule has 0 amide bonds.